The number of nitrogens with one attached hydrogen (secondary N) is 1. The van der Waals surface area contributed by atoms with Gasteiger partial charge in [0.1, 0.15) is 10.7 Å². The largest absolute Gasteiger partial charge is 0.573 e. The van der Waals surface area contributed by atoms with Crippen molar-refractivity contribution < 1.29 is 22.7 Å². The molecule has 1 unspecified atom stereocenters. The van der Waals surface area contributed by atoms with E-state index in [-0.39, 0.29) is 23.7 Å². The fourth-order valence-electron chi connectivity index (χ4n) is 4.11. The van der Waals surface area contributed by atoms with Gasteiger partial charge in [-0.25, -0.2) is 0 Å². The number of hydrogen-bond acceptors (Lipinski definition) is 5. The second-order valence-electron chi connectivity index (χ2n) is 7.79. The van der Waals surface area contributed by atoms with Gasteiger partial charge in [0.2, 0.25) is 5.91 Å². The second-order valence-corrected chi connectivity index (χ2v) is 8.65. The summed E-state index contributed by atoms with van der Waals surface area (Å²) in [6.07, 6.45) is -2.70. The van der Waals surface area contributed by atoms with Crippen molar-refractivity contribution in [3.8, 4) is 5.75 Å². The molecule has 0 saturated carbocycles. The van der Waals surface area contributed by atoms with E-state index in [1.54, 1.807) is 41.3 Å². The van der Waals surface area contributed by atoms with Crippen LogP contribution in [0.4, 0.5) is 24.5 Å². The Labute approximate surface area is 194 Å². The van der Waals surface area contributed by atoms with Crippen LogP contribution in [0.1, 0.15) is 19.3 Å². The van der Waals surface area contributed by atoms with Crippen LogP contribution in [0.15, 0.2) is 48.5 Å². The first-order chi connectivity index (χ1) is 15.2. The highest BCUT2D eigenvalue weighted by Gasteiger charge is 2.40. The number of alkyl halides is 3. The number of anilines is 2. The summed E-state index contributed by atoms with van der Waals surface area (Å²) in [5.74, 6) is -0.272. The van der Waals surface area contributed by atoms with E-state index >= 15 is 0 Å². The Balaban J connectivity index is 1.31. The third-order valence-corrected chi connectivity index (χ3v) is 6.34. The van der Waals surface area contributed by atoms with E-state index in [0.29, 0.717) is 16.4 Å². The van der Waals surface area contributed by atoms with E-state index < -0.39 is 6.36 Å². The molecular weight excluding hydrogens is 463 g/mol. The molecule has 1 atom stereocenters. The van der Waals surface area contributed by atoms with E-state index in [0.717, 1.165) is 37.3 Å². The lowest BCUT2D eigenvalue weighted by atomic mass is 10.0. The molecule has 0 radical (unpaired) electrons. The van der Waals surface area contributed by atoms with Crippen molar-refractivity contribution in [3.05, 3.63) is 53.6 Å². The highest BCUT2D eigenvalue weighted by Crippen LogP contribution is 2.30. The van der Waals surface area contributed by atoms with Crippen LogP contribution in [-0.4, -0.2) is 47.3 Å². The molecule has 10 heteroatoms. The topological polar surface area (TPSA) is 44.8 Å². The van der Waals surface area contributed by atoms with Gasteiger partial charge in [0.25, 0.3) is 0 Å². The summed E-state index contributed by atoms with van der Waals surface area (Å²) < 4.78 is 40.8. The number of piperidine rings is 1. The molecule has 0 aliphatic carbocycles. The van der Waals surface area contributed by atoms with Crippen molar-refractivity contribution >= 4 is 46.1 Å². The van der Waals surface area contributed by atoms with Crippen molar-refractivity contribution in [3.63, 3.8) is 0 Å². The van der Waals surface area contributed by atoms with Gasteiger partial charge in [0.15, 0.2) is 0 Å². The van der Waals surface area contributed by atoms with Crippen molar-refractivity contribution in [2.75, 3.05) is 23.3 Å². The number of amides is 1. The number of carbonyl (C=O) groups excluding carboxylic acids is 1. The standard InChI is InChI=1S/C22H21ClF3N3O2S/c23-14-1-5-17(6-2-14)29-20(30)13-19(21(29)32)28-11-9-16(10-12-28)27-15-3-7-18(8-4-15)31-22(24,25)26/h1-8,16,19,27H,9-13H2. The predicted octanol–water partition coefficient (Wildman–Crippen LogP) is 5.25. The van der Waals surface area contributed by atoms with Crippen LogP contribution in [0.3, 0.4) is 0 Å². The number of carbonyl (C=O) groups is 1. The third-order valence-electron chi connectivity index (χ3n) is 5.64. The highest BCUT2D eigenvalue weighted by atomic mass is 35.5. The van der Waals surface area contributed by atoms with E-state index in [1.807, 2.05) is 0 Å². The van der Waals surface area contributed by atoms with Gasteiger partial charge < -0.3 is 10.1 Å². The number of hydrogen-bond donors (Lipinski definition) is 1. The fourth-order valence-corrected chi connectivity index (χ4v) is 4.67. The Hall–Kier alpha value is -2.36. The summed E-state index contributed by atoms with van der Waals surface area (Å²) in [4.78, 5) is 17.0. The first-order valence-electron chi connectivity index (χ1n) is 10.2. The molecular formula is C22H21ClF3N3O2S. The molecule has 0 spiro atoms. The Morgan fingerprint density at radius 1 is 1.03 bits per heavy atom. The quantitative estimate of drug-likeness (QED) is 0.589. The first-order valence-corrected chi connectivity index (χ1v) is 11.0. The molecule has 4 rings (SSSR count). The predicted molar refractivity (Wildman–Crippen MR) is 121 cm³/mol. The summed E-state index contributed by atoms with van der Waals surface area (Å²) in [5.41, 5.74) is 1.46. The van der Waals surface area contributed by atoms with Gasteiger partial charge in [0.05, 0.1) is 6.04 Å². The Bertz CT molecular complexity index is 977. The Kier molecular flexibility index (Phi) is 6.60. The maximum absolute atomic E-state index is 12.6. The van der Waals surface area contributed by atoms with Gasteiger partial charge in [0, 0.05) is 41.9 Å². The van der Waals surface area contributed by atoms with Crippen molar-refractivity contribution in [1.29, 1.82) is 0 Å². The summed E-state index contributed by atoms with van der Waals surface area (Å²) >= 11 is 11.6. The summed E-state index contributed by atoms with van der Waals surface area (Å²) in [5, 5.41) is 3.95. The maximum atomic E-state index is 12.6. The van der Waals surface area contributed by atoms with Crippen molar-refractivity contribution in [1.82, 2.24) is 4.90 Å². The minimum absolute atomic E-state index is 0.0243. The zero-order valence-corrected chi connectivity index (χ0v) is 18.5. The molecule has 170 valence electrons. The molecule has 2 aliphatic rings. The summed E-state index contributed by atoms with van der Waals surface area (Å²) in [6, 6.07) is 12.8. The first kappa shape index (κ1) is 22.8. The van der Waals surface area contributed by atoms with Crippen LogP contribution < -0.4 is 15.0 Å². The molecule has 2 saturated heterocycles. The van der Waals surface area contributed by atoms with E-state index in [1.165, 1.54) is 12.1 Å². The van der Waals surface area contributed by atoms with Gasteiger partial charge in [-0.05, 0) is 61.4 Å². The lowest BCUT2D eigenvalue weighted by molar-refractivity contribution is -0.274. The average Bonchev–Trinajstić information content (AvgIpc) is 3.04. The molecule has 2 aromatic carbocycles. The SMILES string of the molecule is O=C1CC(N2CCC(Nc3ccc(OC(F)(F)F)cc3)CC2)C(=S)N1c1ccc(Cl)cc1. The molecule has 32 heavy (non-hydrogen) atoms. The zero-order valence-electron chi connectivity index (χ0n) is 16.9. The normalized spacial score (nSPS) is 20.6. The average molecular weight is 484 g/mol. The van der Waals surface area contributed by atoms with Crippen LogP contribution in [0.25, 0.3) is 0 Å². The van der Waals surface area contributed by atoms with E-state index in [4.69, 9.17) is 23.8 Å². The van der Waals surface area contributed by atoms with Crippen molar-refractivity contribution in [2.24, 2.45) is 0 Å². The molecule has 1 amide bonds. The molecule has 2 fully saturated rings. The second kappa shape index (κ2) is 9.25. The third kappa shape index (κ3) is 5.33. The van der Waals surface area contributed by atoms with Gasteiger partial charge in [-0.1, -0.05) is 23.8 Å². The molecule has 2 aromatic rings. The molecule has 5 nitrogen and oxygen atoms in total. The molecule has 2 heterocycles. The van der Waals surface area contributed by atoms with Gasteiger partial charge in [-0.15, -0.1) is 13.2 Å². The molecule has 0 bridgehead atoms. The molecule has 0 aromatic heterocycles. The van der Waals surface area contributed by atoms with E-state index in [9.17, 15) is 18.0 Å². The number of likely N-dealkylation sites (tertiary alicyclic amines) is 1. The highest BCUT2D eigenvalue weighted by molar-refractivity contribution is 7.80. The van der Waals surface area contributed by atoms with E-state index in [2.05, 4.69) is 15.0 Å². The number of ether oxygens (including phenoxy) is 1. The van der Waals surface area contributed by atoms with Crippen LogP contribution in [-0.2, 0) is 4.79 Å². The molecule has 2 aliphatic heterocycles. The van der Waals surface area contributed by atoms with Crippen LogP contribution in [0, 0.1) is 0 Å². The lowest BCUT2D eigenvalue weighted by Crippen LogP contribution is -2.47. The van der Waals surface area contributed by atoms with Crippen LogP contribution in [0.2, 0.25) is 5.02 Å². The minimum Gasteiger partial charge on any atom is -0.406 e. The number of thiocarbonyl (C=S) groups is 1. The van der Waals surface area contributed by atoms with Crippen LogP contribution in [0.5, 0.6) is 5.75 Å². The van der Waals surface area contributed by atoms with Gasteiger partial charge in [-0.2, -0.15) is 0 Å². The Morgan fingerprint density at radius 3 is 2.25 bits per heavy atom. The number of halogens is 4. The summed E-state index contributed by atoms with van der Waals surface area (Å²) in [6.45, 7) is 1.53. The lowest BCUT2D eigenvalue weighted by Gasteiger charge is -2.36. The number of nitrogens with zero attached hydrogens (tertiary/aromatic N) is 2. The minimum atomic E-state index is -4.70. The number of benzene rings is 2. The maximum Gasteiger partial charge on any atom is 0.573 e. The zero-order chi connectivity index (χ0) is 22.9. The summed E-state index contributed by atoms with van der Waals surface area (Å²) in [7, 11) is 0. The Morgan fingerprint density at radius 2 is 1.66 bits per heavy atom. The van der Waals surface area contributed by atoms with Gasteiger partial charge >= 0.3 is 6.36 Å². The fraction of sp³-hybridized carbons (Fsp3) is 0.364. The molecule has 1 N–H and O–H groups in total. The van der Waals surface area contributed by atoms with Gasteiger partial charge in [-0.3, -0.25) is 14.6 Å². The van der Waals surface area contributed by atoms with Crippen LogP contribution >= 0.6 is 23.8 Å². The number of rotatable bonds is 5. The van der Waals surface area contributed by atoms with Crippen molar-refractivity contribution in [2.45, 2.75) is 37.7 Å². The smallest absolute Gasteiger partial charge is 0.406 e. The monoisotopic (exact) mass is 483 g/mol.